The van der Waals surface area contributed by atoms with Crippen LogP contribution >= 0.6 is 11.6 Å². The molecule has 1 aromatic heterocycles. The molecule has 0 unspecified atom stereocenters. The van der Waals surface area contributed by atoms with Crippen molar-refractivity contribution in [2.24, 2.45) is 0 Å². The number of benzene rings is 1. The van der Waals surface area contributed by atoms with Gasteiger partial charge in [0.1, 0.15) is 0 Å². The van der Waals surface area contributed by atoms with Crippen LogP contribution in [-0.4, -0.2) is 40.7 Å². The number of carbonyl (C=O) groups excluding carboxylic acids is 1. The molecular formula is C16H19ClN4O2. The zero-order valence-corrected chi connectivity index (χ0v) is 13.7. The van der Waals surface area contributed by atoms with Crippen LogP contribution in [0.15, 0.2) is 28.8 Å². The number of urea groups is 1. The molecule has 0 radical (unpaired) electrons. The third-order valence-electron chi connectivity index (χ3n) is 3.98. The highest BCUT2D eigenvalue weighted by Crippen LogP contribution is 2.29. The van der Waals surface area contributed by atoms with Crippen LogP contribution in [0.5, 0.6) is 0 Å². The van der Waals surface area contributed by atoms with Gasteiger partial charge < -0.3 is 14.7 Å². The average Bonchev–Trinajstić information content (AvgIpc) is 3.05. The SMILES string of the molecule is CCNC(=O)N1CCC(c2nc(-c3cccc(Cl)c3)no2)CC1. The molecule has 2 aromatic rings. The van der Waals surface area contributed by atoms with Crippen molar-refractivity contribution >= 4 is 17.6 Å². The number of nitrogens with one attached hydrogen (secondary N) is 1. The maximum absolute atomic E-state index is 11.8. The van der Waals surface area contributed by atoms with Crippen molar-refractivity contribution in [1.82, 2.24) is 20.4 Å². The van der Waals surface area contributed by atoms with Gasteiger partial charge in [-0.15, -0.1) is 0 Å². The molecule has 0 bridgehead atoms. The summed E-state index contributed by atoms with van der Waals surface area (Å²) in [6, 6.07) is 7.38. The second kappa shape index (κ2) is 7.00. The molecule has 1 aromatic carbocycles. The molecule has 1 fully saturated rings. The highest BCUT2D eigenvalue weighted by atomic mass is 35.5. The Balaban J connectivity index is 1.65. The summed E-state index contributed by atoms with van der Waals surface area (Å²) in [5, 5.41) is 7.52. The van der Waals surface area contributed by atoms with Crippen molar-refractivity contribution < 1.29 is 9.32 Å². The summed E-state index contributed by atoms with van der Waals surface area (Å²) in [5.74, 6) is 1.38. The number of carbonyl (C=O) groups is 1. The molecule has 1 N–H and O–H groups in total. The summed E-state index contributed by atoms with van der Waals surface area (Å²) in [7, 11) is 0. The van der Waals surface area contributed by atoms with Crippen LogP contribution in [0, 0.1) is 0 Å². The minimum atomic E-state index is -0.00362. The predicted octanol–water partition coefficient (Wildman–Crippen LogP) is 3.30. The third-order valence-corrected chi connectivity index (χ3v) is 4.22. The van der Waals surface area contributed by atoms with Crippen LogP contribution in [0.25, 0.3) is 11.4 Å². The number of piperidine rings is 1. The predicted molar refractivity (Wildman–Crippen MR) is 87.4 cm³/mol. The first-order valence-electron chi connectivity index (χ1n) is 7.79. The number of rotatable bonds is 3. The Morgan fingerprint density at radius 1 is 1.43 bits per heavy atom. The largest absolute Gasteiger partial charge is 0.339 e. The first-order chi connectivity index (χ1) is 11.2. The minimum Gasteiger partial charge on any atom is -0.339 e. The van der Waals surface area contributed by atoms with E-state index in [0.29, 0.717) is 36.4 Å². The Morgan fingerprint density at radius 2 is 2.22 bits per heavy atom. The van der Waals surface area contributed by atoms with Gasteiger partial charge in [0.05, 0.1) is 0 Å². The lowest BCUT2D eigenvalue weighted by atomic mass is 9.97. The zero-order valence-electron chi connectivity index (χ0n) is 13.0. The Morgan fingerprint density at radius 3 is 2.91 bits per heavy atom. The molecule has 7 heteroatoms. The van der Waals surface area contributed by atoms with Gasteiger partial charge in [-0.05, 0) is 31.9 Å². The third kappa shape index (κ3) is 3.64. The fourth-order valence-electron chi connectivity index (χ4n) is 2.74. The lowest BCUT2D eigenvalue weighted by Crippen LogP contribution is -2.44. The van der Waals surface area contributed by atoms with Crippen molar-refractivity contribution in [3.8, 4) is 11.4 Å². The number of hydrogen-bond donors (Lipinski definition) is 1. The van der Waals surface area contributed by atoms with Crippen LogP contribution in [0.4, 0.5) is 4.79 Å². The van der Waals surface area contributed by atoms with Gasteiger partial charge in [0.25, 0.3) is 0 Å². The van der Waals surface area contributed by atoms with Crippen molar-refractivity contribution in [3.05, 3.63) is 35.2 Å². The Kier molecular flexibility index (Phi) is 4.81. The summed E-state index contributed by atoms with van der Waals surface area (Å²) < 4.78 is 5.42. The van der Waals surface area contributed by atoms with Gasteiger partial charge in [-0.1, -0.05) is 28.9 Å². The molecule has 0 atom stereocenters. The molecule has 0 spiro atoms. The smallest absolute Gasteiger partial charge is 0.317 e. The molecule has 122 valence electrons. The lowest BCUT2D eigenvalue weighted by molar-refractivity contribution is 0.176. The van der Waals surface area contributed by atoms with Gasteiger partial charge in [0.15, 0.2) is 0 Å². The fourth-order valence-corrected chi connectivity index (χ4v) is 2.93. The topological polar surface area (TPSA) is 71.3 Å². The number of aromatic nitrogens is 2. The van der Waals surface area contributed by atoms with E-state index < -0.39 is 0 Å². The van der Waals surface area contributed by atoms with Gasteiger partial charge in [-0.25, -0.2) is 4.79 Å². The van der Waals surface area contributed by atoms with E-state index in [1.807, 2.05) is 36.1 Å². The number of hydrogen-bond acceptors (Lipinski definition) is 4. The summed E-state index contributed by atoms with van der Waals surface area (Å²) in [4.78, 5) is 18.1. The molecule has 6 nitrogen and oxygen atoms in total. The van der Waals surface area contributed by atoms with E-state index in [-0.39, 0.29) is 11.9 Å². The van der Waals surface area contributed by atoms with Crippen molar-refractivity contribution in [2.75, 3.05) is 19.6 Å². The highest BCUT2D eigenvalue weighted by Gasteiger charge is 2.27. The standard InChI is InChI=1S/C16H19ClN4O2/c1-2-18-16(22)21-8-6-11(7-9-21)15-19-14(20-23-15)12-4-3-5-13(17)10-12/h3-5,10-11H,2,6-9H2,1H3,(H,18,22). The van der Waals surface area contributed by atoms with Gasteiger partial charge in [-0.2, -0.15) is 4.98 Å². The number of nitrogens with zero attached hydrogens (tertiary/aromatic N) is 3. The first kappa shape index (κ1) is 15.8. The second-order valence-corrected chi connectivity index (χ2v) is 6.00. The number of halogens is 1. The van der Waals surface area contributed by atoms with Crippen LogP contribution in [0.3, 0.4) is 0 Å². The minimum absolute atomic E-state index is 0.00362. The van der Waals surface area contributed by atoms with Gasteiger partial charge in [0.2, 0.25) is 11.7 Å². The molecule has 3 rings (SSSR count). The highest BCUT2D eigenvalue weighted by molar-refractivity contribution is 6.30. The lowest BCUT2D eigenvalue weighted by Gasteiger charge is -2.30. The zero-order chi connectivity index (χ0) is 16.2. The molecule has 2 amide bonds. The van der Waals surface area contributed by atoms with Crippen molar-refractivity contribution in [3.63, 3.8) is 0 Å². The number of amides is 2. The molecule has 0 saturated carbocycles. The van der Waals surface area contributed by atoms with E-state index in [4.69, 9.17) is 16.1 Å². The second-order valence-electron chi connectivity index (χ2n) is 5.56. The van der Waals surface area contributed by atoms with E-state index in [9.17, 15) is 4.79 Å². The van der Waals surface area contributed by atoms with Gasteiger partial charge in [-0.3, -0.25) is 0 Å². The first-order valence-corrected chi connectivity index (χ1v) is 8.17. The molecular weight excluding hydrogens is 316 g/mol. The summed E-state index contributed by atoms with van der Waals surface area (Å²) in [6.07, 6.45) is 1.66. The quantitative estimate of drug-likeness (QED) is 0.934. The van der Waals surface area contributed by atoms with Gasteiger partial charge in [0, 0.05) is 36.1 Å². The van der Waals surface area contributed by atoms with Crippen molar-refractivity contribution in [2.45, 2.75) is 25.7 Å². The van der Waals surface area contributed by atoms with Crippen molar-refractivity contribution in [1.29, 1.82) is 0 Å². The van der Waals surface area contributed by atoms with E-state index in [2.05, 4.69) is 15.5 Å². The summed E-state index contributed by atoms with van der Waals surface area (Å²) in [6.45, 7) is 3.96. The Hall–Kier alpha value is -2.08. The molecule has 1 aliphatic rings. The Bertz CT molecular complexity index is 680. The van der Waals surface area contributed by atoms with E-state index in [1.54, 1.807) is 0 Å². The Labute approximate surface area is 139 Å². The monoisotopic (exact) mass is 334 g/mol. The number of likely N-dealkylation sites (tertiary alicyclic amines) is 1. The van der Waals surface area contributed by atoms with Crippen LogP contribution in [0.1, 0.15) is 31.6 Å². The summed E-state index contributed by atoms with van der Waals surface area (Å²) >= 11 is 5.99. The van der Waals surface area contributed by atoms with Crippen LogP contribution in [-0.2, 0) is 0 Å². The van der Waals surface area contributed by atoms with Crippen LogP contribution < -0.4 is 5.32 Å². The molecule has 1 saturated heterocycles. The normalized spacial score (nSPS) is 15.7. The molecule has 2 heterocycles. The molecule has 23 heavy (non-hydrogen) atoms. The van der Waals surface area contributed by atoms with Gasteiger partial charge >= 0.3 is 6.03 Å². The van der Waals surface area contributed by atoms with Crippen LogP contribution in [0.2, 0.25) is 5.02 Å². The van der Waals surface area contributed by atoms with E-state index in [0.717, 1.165) is 18.4 Å². The van der Waals surface area contributed by atoms with E-state index in [1.165, 1.54) is 0 Å². The molecule has 1 aliphatic heterocycles. The van der Waals surface area contributed by atoms with E-state index >= 15 is 0 Å². The average molecular weight is 335 g/mol. The fraction of sp³-hybridized carbons (Fsp3) is 0.438. The molecule has 0 aliphatic carbocycles. The maximum Gasteiger partial charge on any atom is 0.317 e. The summed E-state index contributed by atoms with van der Waals surface area (Å²) in [5.41, 5.74) is 0.840. The maximum atomic E-state index is 11.8.